The molecule has 26 heavy (non-hydrogen) atoms. The number of aliphatic hydroxyl groups excluding tert-OH is 2. The lowest BCUT2D eigenvalue weighted by atomic mass is 9.90. The van der Waals surface area contributed by atoms with Crippen LogP contribution in [0.4, 0.5) is 0 Å². The molecule has 0 radical (unpaired) electrons. The van der Waals surface area contributed by atoms with E-state index >= 15 is 0 Å². The highest BCUT2D eigenvalue weighted by molar-refractivity contribution is 7.10. The number of aromatic nitrogens is 1. The second-order valence-corrected chi connectivity index (χ2v) is 8.56. The molecule has 1 fully saturated rings. The predicted octanol–water partition coefficient (Wildman–Crippen LogP) is 3.22. The van der Waals surface area contributed by atoms with Crippen LogP contribution in [0.2, 0.25) is 0 Å². The summed E-state index contributed by atoms with van der Waals surface area (Å²) in [5.74, 6) is 0.522. The summed E-state index contributed by atoms with van der Waals surface area (Å²) in [6.07, 6.45) is 6.59. The number of hydrogen-bond acceptors (Lipinski definition) is 5. The molecule has 1 aromatic heterocycles. The Bertz CT molecular complexity index is 737. The van der Waals surface area contributed by atoms with E-state index in [9.17, 15) is 5.11 Å². The maximum Gasteiger partial charge on any atom is 0.0964 e. The Kier molecular flexibility index (Phi) is 5.69. The summed E-state index contributed by atoms with van der Waals surface area (Å²) in [5, 5.41) is 22.1. The highest BCUT2D eigenvalue weighted by Gasteiger charge is 2.24. The average Bonchev–Trinajstić information content (AvgIpc) is 3.18. The molecule has 1 aliphatic heterocycles. The van der Waals surface area contributed by atoms with E-state index in [4.69, 9.17) is 10.1 Å². The van der Waals surface area contributed by atoms with Crippen molar-refractivity contribution in [3.8, 4) is 11.3 Å². The van der Waals surface area contributed by atoms with Gasteiger partial charge in [0, 0.05) is 23.4 Å². The topological polar surface area (TPSA) is 56.6 Å². The van der Waals surface area contributed by atoms with Crippen LogP contribution in [0.1, 0.15) is 47.7 Å². The minimum absolute atomic E-state index is 0.156. The number of benzene rings is 1. The molecule has 0 unspecified atom stereocenters. The Morgan fingerprint density at radius 1 is 1.15 bits per heavy atom. The van der Waals surface area contributed by atoms with Gasteiger partial charge >= 0.3 is 0 Å². The van der Waals surface area contributed by atoms with Gasteiger partial charge in [-0.1, -0.05) is 12.1 Å². The SMILES string of the molecule is OC[C@H](O)CN1CCC(c2nc(-c3ccc4c(c3)CCCC4)cs2)CC1. The lowest BCUT2D eigenvalue weighted by molar-refractivity contribution is 0.0513. The summed E-state index contributed by atoms with van der Waals surface area (Å²) in [5.41, 5.74) is 5.42. The zero-order chi connectivity index (χ0) is 17.9. The number of piperidine rings is 1. The lowest BCUT2D eigenvalue weighted by Gasteiger charge is -2.32. The van der Waals surface area contributed by atoms with Crippen molar-refractivity contribution in [1.82, 2.24) is 9.88 Å². The smallest absolute Gasteiger partial charge is 0.0964 e. The number of nitrogens with zero attached hydrogens (tertiary/aromatic N) is 2. The summed E-state index contributed by atoms with van der Waals surface area (Å²) in [7, 11) is 0. The molecule has 5 heteroatoms. The van der Waals surface area contributed by atoms with E-state index < -0.39 is 6.10 Å². The van der Waals surface area contributed by atoms with Crippen LogP contribution in [0, 0.1) is 0 Å². The number of β-amino-alcohol motifs (C(OH)–C–C–N with tert-alkyl or cyclic N) is 1. The van der Waals surface area contributed by atoms with E-state index in [0.29, 0.717) is 12.5 Å². The number of likely N-dealkylation sites (tertiary alicyclic amines) is 1. The molecule has 2 N–H and O–H groups in total. The van der Waals surface area contributed by atoms with Gasteiger partial charge in [0.1, 0.15) is 0 Å². The Balaban J connectivity index is 1.41. The minimum atomic E-state index is -0.623. The third-order valence-electron chi connectivity index (χ3n) is 5.78. The van der Waals surface area contributed by atoms with Gasteiger partial charge in [-0.2, -0.15) is 0 Å². The molecule has 0 bridgehead atoms. The molecular weight excluding hydrogens is 344 g/mol. The van der Waals surface area contributed by atoms with Crippen molar-refractivity contribution in [2.75, 3.05) is 26.2 Å². The summed E-state index contributed by atoms with van der Waals surface area (Å²) in [6.45, 7) is 2.35. The van der Waals surface area contributed by atoms with Crippen LogP contribution in [0.15, 0.2) is 23.6 Å². The van der Waals surface area contributed by atoms with E-state index in [-0.39, 0.29) is 6.61 Å². The molecule has 4 nitrogen and oxygen atoms in total. The number of rotatable bonds is 5. The minimum Gasteiger partial charge on any atom is -0.394 e. The maximum atomic E-state index is 9.60. The van der Waals surface area contributed by atoms with Gasteiger partial charge in [0.15, 0.2) is 0 Å². The van der Waals surface area contributed by atoms with E-state index in [2.05, 4.69) is 28.5 Å². The summed E-state index contributed by atoms with van der Waals surface area (Å²) in [6, 6.07) is 6.89. The van der Waals surface area contributed by atoms with Crippen LogP contribution >= 0.6 is 11.3 Å². The highest BCUT2D eigenvalue weighted by Crippen LogP contribution is 2.34. The first-order valence-electron chi connectivity index (χ1n) is 9.82. The first kappa shape index (κ1) is 18.1. The number of aliphatic hydroxyl groups is 2. The zero-order valence-corrected chi connectivity index (χ0v) is 16.0. The van der Waals surface area contributed by atoms with Gasteiger partial charge < -0.3 is 15.1 Å². The van der Waals surface area contributed by atoms with E-state index in [0.717, 1.165) is 31.6 Å². The van der Waals surface area contributed by atoms with Gasteiger partial charge in [0.05, 0.1) is 23.4 Å². The predicted molar refractivity (Wildman–Crippen MR) is 106 cm³/mol. The second kappa shape index (κ2) is 8.17. The van der Waals surface area contributed by atoms with Gasteiger partial charge in [-0.15, -0.1) is 11.3 Å². The molecule has 2 aliphatic rings. The second-order valence-electron chi connectivity index (χ2n) is 7.67. The highest BCUT2D eigenvalue weighted by atomic mass is 32.1. The molecule has 0 amide bonds. The first-order chi connectivity index (χ1) is 12.7. The summed E-state index contributed by atoms with van der Waals surface area (Å²) in [4.78, 5) is 7.21. The van der Waals surface area contributed by atoms with Crippen molar-refractivity contribution in [2.24, 2.45) is 0 Å². The number of hydrogen-bond donors (Lipinski definition) is 2. The van der Waals surface area contributed by atoms with Crippen LogP contribution in [0.5, 0.6) is 0 Å². The van der Waals surface area contributed by atoms with Crippen molar-refractivity contribution in [3.63, 3.8) is 0 Å². The molecule has 2 aromatic rings. The van der Waals surface area contributed by atoms with E-state index in [1.165, 1.54) is 47.4 Å². The fourth-order valence-corrected chi connectivity index (χ4v) is 5.22. The van der Waals surface area contributed by atoms with Gasteiger partial charge in [-0.25, -0.2) is 4.98 Å². The molecule has 140 valence electrons. The Hall–Kier alpha value is -1.27. The van der Waals surface area contributed by atoms with Crippen molar-refractivity contribution >= 4 is 11.3 Å². The molecule has 2 heterocycles. The van der Waals surface area contributed by atoms with Crippen LogP contribution in [0.25, 0.3) is 11.3 Å². The van der Waals surface area contributed by atoms with Crippen molar-refractivity contribution < 1.29 is 10.2 Å². The first-order valence-corrected chi connectivity index (χ1v) is 10.7. The summed E-state index contributed by atoms with van der Waals surface area (Å²) < 4.78 is 0. The third kappa shape index (κ3) is 4.01. The van der Waals surface area contributed by atoms with Crippen LogP contribution in [0.3, 0.4) is 0 Å². The normalized spacial score (nSPS) is 20.1. The summed E-state index contributed by atoms with van der Waals surface area (Å²) >= 11 is 1.79. The average molecular weight is 373 g/mol. The van der Waals surface area contributed by atoms with Crippen molar-refractivity contribution in [1.29, 1.82) is 0 Å². The van der Waals surface area contributed by atoms with Gasteiger partial charge in [-0.05, 0) is 68.8 Å². The van der Waals surface area contributed by atoms with Crippen LogP contribution in [-0.2, 0) is 12.8 Å². The van der Waals surface area contributed by atoms with Crippen molar-refractivity contribution in [3.05, 3.63) is 39.7 Å². The number of thiazole rings is 1. The van der Waals surface area contributed by atoms with Crippen LogP contribution in [-0.4, -0.2) is 52.4 Å². The van der Waals surface area contributed by atoms with Gasteiger partial charge in [-0.3, -0.25) is 0 Å². The molecule has 4 rings (SSSR count). The molecule has 1 aliphatic carbocycles. The monoisotopic (exact) mass is 372 g/mol. The van der Waals surface area contributed by atoms with E-state index in [1.807, 2.05) is 0 Å². The van der Waals surface area contributed by atoms with Gasteiger partial charge in [0.25, 0.3) is 0 Å². The molecule has 0 saturated carbocycles. The fraction of sp³-hybridized carbons (Fsp3) is 0.571. The van der Waals surface area contributed by atoms with Crippen LogP contribution < -0.4 is 0 Å². The molecular formula is C21H28N2O2S. The fourth-order valence-electron chi connectivity index (χ4n) is 4.22. The maximum absolute atomic E-state index is 9.60. The molecule has 0 spiro atoms. The van der Waals surface area contributed by atoms with E-state index in [1.54, 1.807) is 11.3 Å². The zero-order valence-electron chi connectivity index (χ0n) is 15.2. The Morgan fingerprint density at radius 2 is 1.92 bits per heavy atom. The van der Waals surface area contributed by atoms with Crippen molar-refractivity contribution in [2.45, 2.75) is 50.5 Å². The standard InChI is InChI=1S/C21H28N2O2S/c24-13-19(25)12-23-9-7-16(8-10-23)21-22-20(14-26-21)18-6-5-15-3-1-2-4-17(15)11-18/h5-6,11,14,16,19,24-25H,1-4,7-10,12-13H2/t19-/m1/s1. The Morgan fingerprint density at radius 3 is 2.69 bits per heavy atom. The largest absolute Gasteiger partial charge is 0.394 e. The quantitative estimate of drug-likeness (QED) is 0.846. The number of aryl methyl sites for hydroxylation is 2. The third-order valence-corrected chi connectivity index (χ3v) is 6.79. The molecule has 1 atom stereocenters. The molecule has 1 saturated heterocycles. The number of fused-ring (bicyclic) bond motifs is 1. The lowest BCUT2D eigenvalue weighted by Crippen LogP contribution is -2.39. The Labute approximate surface area is 159 Å². The van der Waals surface area contributed by atoms with Gasteiger partial charge in [0.2, 0.25) is 0 Å². The molecule has 1 aromatic carbocycles.